The van der Waals surface area contributed by atoms with Crippen LogP contribution in [0.25, 0.3) is 16.6 Å². The average Bonchev–Trinajstić information content (AvgIpc) is 2.99. The van der Waals surface area contributed by atoms with E-state index in [0.29, 0.717) is 4.85 Å². The van der Waals surface area contributed by atoms with Crippen LogP contribution in [0, 0.1) is 31.9 Å². The summed E-state index contributed by atoms with van der Waals surface area (Å²) in [4.78, 5) is 25.8. The number of nitro groups is 2. The first-order chi connectivity index (χ1) is 14.8. The molecule has 0 spiro atoms. The summed E-state index contributed by atoms with van der Waals surface area (Å²) in [6, 6.07) is 11.5. The number of nitrogens with zero attached hydrogens (tertiary/aromatic N) is 5. The first-order valence-corrected chi connectivity index (χ1v) is 8.62. The molecule has 0 aliphatic heterocycles. The maximum atomic E-state index is 13.8. The largest absolute Gasteiger partial charge is 0.412 e. The van der Waals surface area contributed by atoms with Crippen LogP contribution in [0.15, 0.2) is 65.7 Å². The standard InChI is InChI=1S/C19H11F2N5O5/c20-11-3-1-5-13(7-11)22-19-18-16(9-15(25(28)29)10-17(18)26(30)31)24(27)23(19)14-6-2-4-12(21)8-14/h1-10,27H. The predicted octanol–water partition coefficient (Wildman–Crippen LogP) is 4.00. The molecule has 31 heavy (non-hydrogen) atoms. The molecule has 1 aromatic heterocycles. The molecule has 0 fully saturated rings. The molecule has 0 atom stereocenters. The molecule has 4 aromatic rings. The zero-order valence-corrected chi connectivity index (χ0v) is 15.3. The Kier molecular flexibility index (Phi) is 4.66. The zero-order valence-electron chi connectivity index (χ0n) is 15.3. The molecule has 0 saturated heterocycles. The molecule has 0 saturated carbocycles. The van der Waals surface area contributed by atoms with E-state index in [1.54, 1.807) is 0 Å². The first-order valence-electron chi connectivity index (χ1n) is 8.62. The normalized spacial score (nSPS) is 11.7. The molecule has 0 bridgehead atoms. The van der Waals surface area contributed by atoms with Gasteiger partial charge in [-0.25, -0.2) is 18.5 Å². The van der Waals surface area contributed by atoms with Gasteiger partial charge in [0.2, 0.25) is 0 Å². The van der Waals surface area contributed by atoms with Crippen LogP contribution < -0.4 is 5.49 Å². The third-order valence-electron chi connectivity index (χ3n) is 4.41. The van der Waals surface area contributed by atoms with Crippen molar-refractivity contribution in [1.82, 2.24) is 9.53 Å². The molecule has 0 aliphatic carbocycles. The van der Waals surface area contributed by atoms with Gasteiger partial charge in [-0.05, 0) is 36.4 Å². The Hall–Kier alpha value is -4.61. The molecular formula is C19H11F2N5O5. The lowest BCUT2D eigenvalue weighted by Crippen LogP contribution is -2.21. The molecule has 156 valence electrons. The molecule has 12 heteroatoms. The summed E-state index contributed by atoms with van der Waals surface area (Å²) >= 11 is 0. The van der Waals surface area contributed by atoms with Crippen molar-refractivity contribution >= 4 is 28.0 Å². The van der Waals surface area contributed by atoms with Crippen LogP contribution in [0.2, 0.25) is 0 Å². The second kappa shape index (κ2) is 7.33. The summed E-state index contributed by atoms with van der Waals surface area (Å²) in [5.74, 6) is -1.30. The fourth-order valence-corrected chi connectivity index (χ4v) is 3.15. The van der Waals surface area contributed by atoms with Gasteiger partial charge >= 0.3 is 0 Å². The minimum absolute atomic E-state index is 0.0193. The molecule has 0 aliphatic rings. The van der Waals surface area contributed by atoms with Crippen molar-refractivity contribution in [3.63, 3.8) is 0 Å². The maximum absolute atomic E-state index is 13.8. The van der Waals surface area contributed by atoms with Gasteiger partial charge in [-0.2, -0.15) is 0 Å². The van der Waals surface area contributed by atoms with E-state index in [9.17, 15) is 34.2 Å². The summed E-state index contributed by atoms with van der Waals surface area (Å²) in [5.41, 5.74) is -1.86. The van der Waals surface area contributed by atoms with Crippen LogP contribution in [-0.4, -0.2) is 24.6 Å². The summed E-state index contributed by atoms with van der Waals surface area (Å²) in [7, 11) is 0. The fraction of sp³-hybridized carbons (Fsp3) is 0. The van der Waals surface area contributed by atoms with Crippen LogP contribution in [0.1, 0.15) is 0 Å². The number of hydrogen-bond donors (Lipinski definition) is 1. The number of fused-ring (bicyclic) bond motifs is 1. The molecule has 1 N–H and O–H groups in total. The van der Waals surface area contributed by atoms with Crippen LogP contribution in [0.4, 0.5) is 25.8 Å². The van der Waals surface area contributed by atoms with E-state index >= 15 is 0 Å². The highest BCUT2D eigenvalue weighted by atomic mass is 19.1. The zero-order chi connectivity index (χ0) is 22.3. The minimum Gasteiger partial charge on any atom is -0.412 e. The van der Waals surface area contributed by atoms with E-state index < -0.39 is 32.9 Å². The Labute approximate surface area is 170 Å². The molecular weight excluding hydrogens is 416 g/mol. The summed E-state index contributed by atoms with van der Waals surface area (Å²) in [6.45, 7) is 0. The van der Waals surface area contributed by atoms with E-state index in [2.05, 4.69) is 4.99 Å². The lowest BCUT2D eigenvalue weighted by molar-refractivity contribution is -0.393. The first kappa shape index (κ1) is 19.7. The van der Waals surface area contributed by atoms with Crippen molar-refractivity contribution in [3.05, 3.63) is 98.0 Å². The van der Waals surface area contributed by atoms with Gasteiger partial charge in [-0.15, -0.1) is 4.85 Å². The molecule has 4 rings (SSSR count). The summed E-state index contributed by atoms with van der Waals surface area (Å²) in [5, 5.41) is 33.4. The number of hydrogen-bond acceptors (Lipinski definition) is 6. The Morgan fingerprint density at radius 1 is 0.903 bits per heavy atom. The summed E-state index contributed by atoms with van der Waals surface area (Å²) < 4.78 is 28.4. The van der Waals surface area contributed by atoms with E-state index in [4.69, 9.17) is 0 Å². The van der Waals surface area contributed by atoms with Gasteiger partial charge in [-0.3, -0.25) is 20.2 Å². The lowest BCUT2D eigenvalue weighted by Gasteiger charge is -2.07. The van der Waals surface area contributed by atoms with Gasteiger partial charge in [0, 0.05) is 6.07 Å². The van der Waals surface area contributed by atoms with Crippen molar-refractivity contribution in [2.24, 2.45) is 4.99 Å². The van der Waals surface area contributed by atoms with Crippen LogP contribution >= 0.6 is 0 Å². The molecule has 10 nitrogen and oxygen atoms in total. The Morgan fingerprint density at radius 2 is 1.58 bits per heavy atom. The molecule has 0 radical (unpaired) electrons. The highest BCUT2D eigenvalue weighted by molar-refractivity contribution is 5.90. The van der Waals surface area contributed by atoms with Gasteiger partial charge in [0.15, 0.2) is 5.49 Å². The predicted molar refractivity (Wildman–Crippen MR) is 103 cm³/mol. The fourth-order valence-electron chi connectivity index (χ4n) is 3.15. The van der Waals surface area contributed by atoms with Crippen molar-refractivity contribution < 1.29 is 23.8 Å². The van der Waals surface area contributed by atoms with Gasteiger partial charge in [0.1, 0.15) is 22.5 Å². The topological polar surface area (TPSA) is 129 Å². The molecule has 0 unspecified atom stereocenters. The van der Waals surface area contributed by atoms with Gasteiger partial charge < -0.3 is 5.21 Å². The Morgan fingerprint density at radius 3 is 2.19 bits per heavy atom. The quantitative estimate of drug-likeness (QED) is 0.299. The second-order valence-electron chi connectivity index (χ2n) is 6.37. The van der Waals surface area contributed by atoms with E-state index in [-0.39, 0.29) is 27.8 Å². The summed E-state index contributed by atoms with van der Waals surface area (Å²) in [6.07, 6.45) is 0. The number of aromatic nitrogens is 2. The lowest BCUT2D eigenvalue weighted by atomic mass is 10.2. The van der Waals surface area contributed by atoms with Crippen molar-refractivity contribution in [3.8, 4) is 5.69 Å². The van der Waals surface area contributed by atoms with Gasteiger partial charge in [-0.1, -0.05) is 12.1 Å². The highest BCUT2D eigenvalue weighted by Gasteiger charge is 2.27. The smallest absolute Gasteiger partial charge is 0.289 e. The third-order valence-corrected chi connectivity index (χ3v) is 4.41. The maximum Gasteiger partial charge on any atom is 0.289 e. The SMILES string of the molecule is O=[N+]([O-])c1cc([N+](=O)[O-])c2c(=Nc3cccc(F)c3)n(-c3cccc(F)c3)n(O)c2c1. The van der Waals surface area contributed by atoms with E-state index in [1.165, 1.54) is 30.3 Å². The van der Waals surface area contributed by atoms with E-state index in [0.717, 1.165) is 35.0 Å². The van der Waals surface area contributed by atoms with Crippen LogP contribution in [-0.2, 0) is 0 Å². The number of benzene rings is 3. The van der Waals surface area contributed by atoms with E-state index in [1.807, 2.05) is 0 Å². The molecule has 0 amide bonds. The second-order valence-corrected chi connectivity index (χ2v) is 6.37. The average molecular weight is 427 g/mol. The van der Waals surface area contributed by atoms with Gasteiger partial charge in [0.25, 0.3) is 11.4 Å². The van der Waals surface area contributed by atoms with Crippen molar-refractivity contribution in [2.45, 2.75) is 0 Å². The van der Waals surface area contributed by atoms with Crippen LogP contribution in [0.3, 0.4) is 0 Å². The number of halogens is 2. The Balaban J connectivity index is 2.23. The Bertz CT molecular complexity index is 1440. The highest BCUT2D eigenvalue weighted by Crippen LogP contribution is 2.30. The van der Waals surface area contributed by atoms with Gasteiger partial charge in [0.05, 0.1) is 27.3 Å². The van der Waals surface area contributed by atoms with Crippen LogP contribution in [0.5, 0.6) is 0 Å². The monoisotopic (exact) mass is 427 g/mol. The molecule has 1 heterocycles. The third kappa shape index (κ3) is 3.46. The number of non-ortho nitro benzene ring substituents is 2. The van der Waals surface area contributed by atoms with Crippen molar-refractivity contribution in [1.29, 1.82) is 0 Å². The minimum atomic E-state index is -0.865. The number of rotatable bonds is 4. The van der Waals surface area contributed by atoms with Crippen molar-refractivity contribution in [2.75, 3.05) is 0 Å². The number of nitro benzene ring substituents is 2. The molecule has 3 aromatic carbocycles.